The van der Waals surface area contributed by atoms with Crippen molar-refractivity contribution in [3.05, 3.63) is 48.5 Å². The first-order valence-corrected chi connectivity index (χ1v) is 6.28. The predicted molar refractivity (Wildman–Crippen MR) is 77.4 cm³/mol. The number of methoxy groups -OCH3 is 1. The van der Waals surface area contributed by atoms with Crippen LogP contribution in [-0.2, 0) is 4.79 Å². The number of halogens is 3. The summed E-state index contributed by atoms with van der Waals surface area (Å²) < 4.78 is 42.2. The molecule has 7 heteroatoms. The molecule has 0 fully saturated rings. The highest BCUT2D eigenvalue weighted by Crippen LogP contribution is 2.31. The molecule has 0 aliphatic carbocycles. The van der Waals surface area contributed by atoms with Crippen molar-refractivity contribution in [1.29, 1.82) is 0 Å². The Morgan fingerprint density at radius 2 is 1.73 bits per heavy atom. The molecule has 2 N–H and O–H groups in total. The van der Waals surface area contributed by atoms with Crippen molar-refractivity contribution >= 4 is 23.0 Å². The third kappa shape index (κ3) is 3.91. The van der Waals surface area contributed by atoms with Crippen LogP contribution in [0.3, 0.4) is 0 Å². The summed E-state index contributed by atoms with van der Waals surface area (Å²) in [5.41, 5.74) is 0.966. The van der Waals surface area contributed by atoms with Crippen LogP contribution in [0, 0.1) is 0 Å². The number of hydrogen-bond acceptors (Lipinski definition) is 3. The fourth-order valence-corrected chi connectivity index (χ4v) is 1.73. The van der Waals surface area contributed by atoms with E-state index >= 15 is 0 Å². The number of carbonyl (C=O) groups is 1. The lowest BCUT2D eigenvalue weighted by Crippen LogP contribution is -2.30. The predicted octanol–water partition coefficient (Wildman–Crippen LogP) is 3.94. The van der Waals surface area contributed by atoms with Gasteiger partial charge in [0.25, 0.3) is 0 Å². The van der Waals surface area contributed by atoms with E-state index in [9.17, 15) is 18.0 Å². The summed E-state index contributed by atoms with van der Waals surface area (Å²) in [5, 5.41) is 4.78. The second-order valence-corrected chi connectivity index (χ2v) is 4.35. The summed E-state index contributed by atoms with van der Waals surface area (Å²) in [6.45, 7) is 0. The number of para-hydroxylation sites is 1. The third-order valence-corrected chi connectivity index (χ3v) is 2.79. The van der Waals surface area contributed by atoms with Crippen LogP contribution in [-0.4, -0.2) is 19.2 Å². The zero-order valence-electron chi connectivity index (χ0n) is 11.6. The van der Waals surface area contributed by atoms with E-state index in [2.05, 4.69) is 5.32 Å². The molecule has 0 aromatic heterocycles. The van der Waals surface area contributed by atoms with Crippen molar-refractivity contribution < 1.29 is 22.7 Å². The second kappa shape index (κ2) is 6.38. The topological polar surface area (TPSA) is 50.4 Å². The van der Waals surface area contributed by atoms with Gasteiger partial charge in [-0.05, 0) is 24.3 Å². The number of hydrogen-bond donors (Lipinski definition) is 2. The summed E-state index contributed by atoms with van der Waals surface area (Å²) in [6.07, 6.45) is -4.95. The smallest absolute Gasteiger partial charge is 0.471 e. The largest absolute Gasteiger partial charge is 0.497 e. The maximum Gasteiger partial charge on any atom is 0.471 e. The molecule has 0 aliphatic rings. The fraction of sp³-hybridized carbons (Fsp3) is 0.133. The first kappa shape index (κ1) is 15.7. The van der Waals surface area contributed by atoms with Gasteiger partial charge in [-0.25, -0.2) is 0 Å². The van der Waals surface area contributed by atoms with Crippen LogP contribution in [0.5, 0.6) is 5.75 Å². The Kier molecular flexibility index (Phi) is 4.55. The molecule has 0 spiro atoms. The van der Waals surface area contributed by atoms with Crippen molar-refractivity contribution in [3.8, 4) is 5.75 Å². The molecular formula is C15H13F3N2O2. The van der Waals surface area contributed by atoms with E-state index in [-0.39, 0.29) is 5.69 Å². The summed E-state index contributed by atoms with van der Waals surface area (Å²) in [4.78, 5) is 11.1. The molecule has 0 saturated carbocycles. The minimum absolute atomic E-state index is 0.00646. The van der Waals surface area contributed by atoms with Crippen LogP contribution in [0.1, 0.15) is 0 Å². The molecule has 2 rings (SSSR count). The first-order chi connectivity index (χ1) is 10.4. The van der Waals surface area contributed by atoms with E-state index in [0.717, 1.165) is 0 Å². The van der Waals surface area contributed by atoms with Crippen molar-refractivity contribution in [1.82, 2.24) is 0 Å². The van der Waals surface area contributed by atoms with Gasteiger partial charge >= 0.3 is 12.1 Å². The van der Waals surface area contributed by atoms with Gasteiger partial charge in [0.05, 0.1) is 18.5 Å². The number of anilines is 3. The zero-order chi connectivity index (χ0) is 16.2. The maximum absolute atomic E-state index is 12.4. The molecule has 0 atom stereocenters. The summed E-state index contributed by atoms with van der Waals surface area (Å²) in [5.74, 6) is -1.59. The van der Waals surface area contributed by atoms with E-state index < -0.39 is 12.1 Å². The van der Waals surface area contributed by atoms with Gasteiger partial charge in [-0.2, -0.15) is 13.2 Å². The molecular weight excluding hydrogens is 297 g/mol. The van der Waals surface area contributed by atoms with Crippen molar-refractivity contribution in [3.63, 3.8) is 0 Å². The third-order valence-electron chi connectivity index (χ3n) is 2.79. The van der Waals surface area contributed by atoms with Crippen LogP contribution in [0.15, 0.2) is 48.5 Å². The van der Waals surface area contributed by atoms with E-state index in [1.165, 1.54) is 25.3 Å². The summed E-state index contributed by atoms with van der Waals surface area (Å²) in [6, 6.07) is 13.1. The zero-order valence-corrected chi connectivity index (χ0v) is 11.6. The van der Waals surface area contributed by atoms with Crippen LogP contribution in [0.2, 0.25) is 0 Å². The minimum Gasteiger partial charge on any atom is -0.497 e. The molecule has 1 amide bonds. The standard InChI is InChI=1S/C15H13F3N2O2/c1-22-11-7-8-12(20-14(21)15(16,17)18)13(9-11)19-10-5-3-2-4-6-10/h2-9,19H,1H3,(H,20,21). The SMILES string of the molecule is COc1ccc(NC(=O)C(F)(F)F)c(Nc2ccccc2)c1. The lowest BCUT2D eigenvalue weighted by molar-refractivity contribution is -0.167. The summed E-state index contributed by atoms with van der Waals surface area (Å²) in [7, 11) is 1.44. The van der Waals surface area contributed by atoms with Gasteiger partial charge in [0, 0.05) is 11.8 Å². The van der Waals surface area contributed by atoms with Gasteiger partial charge in [0.15, 0.2) is 0 Å². The van der Waals surface area contributed by atoms with Crippen LogP contribution < -0.4 is 15.4 Å². The number of amides is 1. The quantitative estimate of drug-likeness (QED) is 0.899. The van der Waals surface area contributed by atoms with Crippen LogP contribution in [0.4, 0.5) is 30.2 Å². The van der Waals surface area contributed by atoms with Gasteiger partial charge in [0.2, 0.25) is 0 Å². The lowest BCUT2D eigenvalue weighted by atomic mass is 10.2. The van der Waals surface area contributed by atoms with Crippen molar-refractivity contribution in [2.75, 3.05) is 17.7 Å². The lowest BCUT2D eigenvalue weighted by Gasteiger charge is -2.15. The molecule has 4 nitrogen and oxygen atoms in total. The minimum atomic E-state index is -4.95. The van der Waals surface area contributed by atoms with Crippen LogP contribution >= 0.6 is 0 Å². The fourth-order valence-electron chi connectivity index (χ4n) is 1.73. The number of benzene rings is 2. The molecule has 0 unspecified atom stereocenters. The Balaban J connectivity index is 2.31. The maximum atomic E-state index is 12.4. The highest BCUT2D eigenvalue weighted by atomic mass is 19.4. The van der Waals surface area contributed by atoms with Crippen molar-refractivity contribution in [2.45, 2.75) is 6.18 Å². The average Bonchev–Trinajstić information content (AvgIpc) is 2.49. The number of carbonyl (C=O) groups excluding carboxylic acids is 1. The number of nitrogens with one attached hydrogen (secondary N) is 2. The molecule has 116 valence electrons. The highest BCUT2D eigenvalue weighted by Gasteiger charge is 2.39. The molecule has 2 aromatic carbocycles. The molecule has 22 heavy (non-hydrogen) atoms. The van der Waals surface area contributed by atoms with Gasteiger partial charge in [-0.1, -0.05) is 18.2 Å². The van der Waals surface area contributed by atoms with E-state index in [1.807, 2.05) is 11.4 Å². The normalized spacial score (nSPS) is 10.9. The second-order valence-electron chi connectivity index (χ2n) is 4.35. The van der Waals surface area contributed by atoms with Gasteiger partial charge in [-0.15, -0.1) is 0 Å². The van der Waals surface area contributed by atoms with Crippen LogP contribution in [0.25, 0.3) is 0 Å². The van der Waals surface area contributed by atoms with E-state index in [4.69, 9.17) is 4.74 Å². The van der Waals surface area contributed by atoms with E-state index in [1.54, 1.807) is 24.3 Å². The monoisotopic (exact) mass is 310 g/mol. The summed E-state index contributed by atoms with van der Waals surface area (Å²) >= 11 is 0. The molecule has 0 saturated heterocycles. The van der Waals surface area contributed by atoms with Gasteiger partial charge in [0.1, 0.15) is 5.75 Å². The number of ether oxygens (including phenoxy) is 1. The Morgan fingerprint density at radius 1 is 1.05 bits per heavy atom. The van der Waals surface area contributed by atoms with E-state index in [0.29, 0.717) is 17.1 Å². The average molecular weight is 310 g/mol. The molecule has 0 bridgehead atoms. The Labute approximate surface area is 124 Å². The molecule has 0 heterocycles. The Hall–Kier alpha value is -2.70. The number of alkyl halides is 3. The Morgan fingerprint density at radius 3 is 2.32 bits per heavy atom. The molecule has 0 radical (unpaired) electrons. The van der Waals surface area contributed by atoms with Crippen molar-refractivity contribution in [2.24, 2.45) is 0 Å². The molecule has 0 aliphatic heterocycles. The number of rotatable bonds is 4. The highest BCUT2D eigenvalue weighted by molar-refractivity contribution is 5.98. The first-order valence-electron chi connectivity index (χ1n) is 6.28. The van der Waals surface area contributed by atoms with Gasteiger partial charge < -0.3 is 15.4 Å². The van der Waals surface area contributed by atoms with Gasteiger partial charge in [-0.3, -0.25) is 4.79 Å². The molecule has 2 aromatic rings. The Bertz CT molecular complexity index is 658.